The summed E-state index contributed by atoms with van der Waals surface area (Å²) in [6, 6.07) is 10.1. The van der Waals surface area contributed by atoms with E-state index < -0.39 is 6.04 Å². The Kier molecular flexibility index (Phi) is 5.50. The zero-order chi connectivity index (χ0) is 17.0. The molecule has 0 aliphatic rings. The first-order valence-corrected chi connectivity index (χ1v) is 7.70. The van der Waals surface area contributed by atoms with E-state index >= 15 is 0 Å². The fraction of sp³-hybridized carbons (Fsp3) is 0.316. The largest absolute Gasteiger partial charge is 0.466 e. The predicted molar refractivity (Wildman–Crippen MR) is 89.5 cm³/mol. The van der Waals surface area contributed by atoms with Crippen molar-refractivity contribution in [1.29, 1.82) is 0 Å². The van der Waals surface area contributed by atoms with Crippen LogP contribution in [0.2, 0.25) is 0 Å². The van der Waals surface area contributed by atoms with E-state index in [1.165, 1.54) is 12.1 Å². The molecule has 23 heavy (non-hydrogen) atoms. The second kappa shape index (κ2) is 7.38. The molecule has 3 nitrogen and oxygen atoms in total. The molecule has 0 bridgehead atoms. The number of carbonyl (C=O) groups excluding carboxylic acids is 1. The molecule has 2 rings (SSSR count). The highest BCUT2D eigenvalue weighted by molar-refractivity contribution is 5.73. The molecule has 0 aliphatic carbocycles. The van der Waals surface area contributed by atoms with E-state index in [4.69, 9.17) is 10.5 Å². The number of hydrogen-bond donors (Lipinski definition) is 1. The summed E-state index contributed by atoms with van der Waals surface area (Å²) in [5.74, 6) is -0.739. The monoisotopic (exact) mass is 315 g/mol. The third kappa shape index (κ3) is 4.17. The summed E-state index contributed by atoms with van der Waals surface area (Å²) in [5.41, 5.74) is 10.6. The molecule has 0 saturated heterocycles. The molecule has 0 heterocycles. The molecule has 4 heteroatoms. The van der Waals surface area contributed by atoms with Crippen LogP contribution in [0.15, 0.2) is 36.4 Å². The van der Waals surface area contributed by atoms with Crippen molar-refractivity contribution in [3.63, 3.8) is 0 Å². The van der Waals surface area contributed by atoms with Gasteiger partial charge in [0.15, 0.2) is 0 Å². The van der Waals surface area contributed by atoms with Gasteiger partial charge in [-0.3, -0.25) is 4.79 Å². The van der Waals surface area contributed by atoms with Gasteiger partial charge in [-0.2, -0.15) is 0 Å². The first kappa shape index (κ1) is 17.2. The maximum atomic E-state index is 14.1. The fourth-order valence-electron chi connectivity index (χ4n) is 2.76. The van der Waals surface area contributed by atoms with E-state index in [1.807, 2.05) is 38.1 Å². The average molecular weight is 315 g/mol. The minimum Gasteiger partial charge on any atom is -0.466 e. The summed E-state index contributed by atoms with van der Waals surface area (Å²) in [6.45, 7) is 6.03. The molecule has 0 fully saturated rings. The number of esters is 1. The van der Waals surface area contributed by atoms with E-state index in [0.717, 1.165) is 22.3 Å². The summed E-state index contributed by atoms with van der Waals surface area (Å²) in [6.07, 6.45) is 0.0312. The molecular weight excluding hydrogens is 293 g/mol. The SMILES string of the molecule is CCOC(=O)C[C@H](N)c1cc(F)cc(-c2c(C)cccc2C)c1. The van der Waals surface area contributed by atoms with Gasteiger partial charge in [0.25, 0.3) is 0 Å². The molecule has 2 N–H and O–H groups in total. The minimum atomic E-state index is -0.590. The van der Waals surface area contributed by atoms with Crippen LogP contribution >= 0.6 is 0 Å². The number of benzene rings is 2. The Bertz CT molecular complexity index is 692. The standard InChI is InChI=1S/C19H22FNO2/c1-4-23-18(22)11-17(21)14-8-15(10-16(20)9-14)19-12(2)6-5-7-13(19)3/h5-10,17H,4,11,21H2,1-3H3/t17-/m0/s1. The maximum absolute atomic E-state index is 14.1. The van der Waals surface area contributed by atoms with Gasteiger partial charge in [0.2, 0.25) is 0 Å². The van der Waals surface area contributed by atoms with Crippen molar-refractivity contribution < 1.29 is 13.9 Å². The van der Waals surface area contributed by atoms with Crippen LogP contribution < -0.4 is 5.73 Å². The van der Waals surface area contributed by atoms with Crippen LogP contribution in [0, 0.1) is 19.7 Å². The Morgan fingerprint density at radius 2 is 1.87 bits per heavy atom. The normalized spacial score (nSPS) is 12.0. The number of halogens is 1. The molecule has 2 aromatic carbocycles. The van der Waals surface area contributed by atoms with Gasteiger partial charge < -0.3 is 10.5 Å². The van der Waals surface area contributed by atoms with Crippen LogP contribution in [0.1, 0.15) is 36.1 Å². The molecule has 122 valence electrons. The zero-order valence-corrected chi connectivity index (χ0v) is 13.7. The lowest BCUT2D eigenvalue weighted by Crippen LogP contribution is -2.17. The summed E-state index contributed by atoms with van der Waals surface area (Å²) in [7, 11) is 0. The van der Waals surface area contributed by atoms with Gasteiger partial charge in [0, 0.05) is 6.04 Å². The van der Waals surface area contributed by atoms with Crippen LogP contribution in [0.25, 0.3) is 11.1 Å². The van der Waals surface area contributed by atoms with Crippen molar-refractivity contribution in [2.45, 2.75) is 33.2 Å². The van der Waals surface area contributed by atoms with E-state index in [-0.39, 0.29) is 18.2 Å². The van der Waals surface area contributed by atoms with Crippen molar-refractivity contribution in [3.05, 3.63) is 58.9 Å². The Balaban J connectivity index is 2.38. The lowest BCUT2D eigenvalue weighted by atomic mass is 9.92. The maximum Gasteiger partial charge on any atom is 0.307 e. The number of aryl methyl sites for hydroxylation is 2. The molecule has 1 atom stereocenters. The van der Waals surface area contributed by atoms with Gasteiger partial charge in [-0.05, 0) is 66.8 Å². The molecule has 0 spiro atoms. The molecule has 0 aromatic heterocycles. The zero-order valence-electron chi connectivity index (χ0n) is 13.7. The second-order valence-electron chi connectivity index (χ2n) is 5.66. The van der Waals surface area contributed by atoms with E-state index in [2.05, 4.69) is 0 Å². The highest BCUT2D eigenvalue weighted by Crippen LogP contribution is 2.30. The molecular formula is C19H22FNO2. The smallest absolute Gasteiger partial charge is 0.307 e. The van der Waals surface area contributed by atoms with Gasteiger partial charge >= 0.3 is 5.97 Å². The predicted octanol–water partition coefficient (Wildman–Crippen LogP) is 4.06. The minimum absolute atomic E-state index is 0.0312. The van der Waals surface area contributed by atoms with Crippen molar-refractivity contribution in [2.75, 3.05) is 6.61 Å². The van der Waals surface area contributed by atoms with Crippen LogP contribution in [0.4, 0.5) is 4.39 Å². The average Bonchev–Trinajstić information content (AvgIpc) is 2.46. The van der Waals surface area contributed by atoms with Crippen molar-refractivity contribution in [3.8, 4) is 11.1 Å². The number of rotatable bonds is 5. The molecule has 0 radical (unpaired) electrons. The van der Waals surface area contributed by atoms with Gasteiger partial charge in [-0.25, -0.2) is 4.39 Å². The third-order valence-electron chi connectivity index (χ3n) is 3.81. The second-order valence-corrected chi connectivity index (χ2v) is 5.66. The topological polar surface area (TPSA) is 52.3 Å². The van der Waals surface area contributed by atoms with Crippen LogP contribution in [0.3, 0.4) is 0 Å². The first-order chi connectivity index (χ1) is 10.9. The Hall–Kier alpha value is -2.20. The number of ether oxygens (including phenoxy) is 1. The molecule has 0 amide bonds. The van der Waals surface area contributed by atoms with Crippen molar-refractivity contribution in [2.24, 2.45) is 5.73 Å². The van der Waals surface area contributed by atoms with Crippen molar-refractivity contribution >= 4 is 5.97 Å². The molecule has 0 aliphatic heterocycles. The van der Waals surface area contributed by atoms with Crippen LogP contribution in [-0.2, 0) is 9.53 Å². The first-order valence-electron chi connectivity index (χ1n) is 7.70. The van der Waals surface area contributed by atoms with Gasteiger partial charge in [0.1, 0.15) is 5.82 Å². The summed E-state index contributed by atoms with van der Waals surface area (Å²) in [5, 5.41) is 0. The summed E-state index contributed by atoms with van der Waals surface area (Å²) in [4.78, 5) is 11.6. The lowest BCUT2D eigenvalue weighted by molar-refractivity contribution is -0.143. The van der Waals surface area contributed by atoms with Gasteiger partial charge in [-0.15, -0.1) is 0 Å². The Morgan fingerprint density at radius 3 is 2.48 bits per heavy atom. The van der Waals surface area contributed by atoms with Crippen LogP contribution in [-0.4, -0.2) is 12.6 Å². The number of hydrogen-bond acceptors (Lipinski definition) is 3. The fourth-order valence-corrected chi connectivity index (χ4v) is 2.76. The quantitative estimate of drug-likeness (QED) is 0.846. The van der Waals surface area contributed by atoms with E-state index in [1.54, 1.807) is 6.92 Å². The van der Waals surface area contributed by atoms with Crippen molar-refractivity contribution in [1.82, 2.24) is 0 Å². The Labute approximate surface area is 136 Å². The third-order valence-corrected chi connectivity index (χ3v) is 3.81. The van der Waals surface area contributed by atoms with E-state index in [0.29, 0.717) is 12.2 Å². The van der Waals surface area contributed by atoms with Crippen LogP contribution in [0.5, 0.6) is 0 Å². The molecule has 0 unspecified atom stereocenters. The lowest BCUT2D eigenvalue weighted by Gasteiger charge is -2.15. The van der Waals surface area contributed by atoms with Gasteiger partial charge in [-0.1, -0.05) is 18.2 Å². The van der Waals surface area contributed by atoms with Gasteiger partial charge in [0.05, 0.1) is 13.0 Å². The number of carbonyl (C=O) groups is 1. The summed E-state index contributed by atoms with van der Waals surface area (Å²) < 4.78 is 19.0. The highest BCUT2D eigenvalue weighted by Gasteiger charge is 2.16. The Morgan fingerprint density at radius 1 is 1.22 bits per heavy atom. The van der Waals surface area contributed by atoms with E-state index in [9.17, 15) is 9.18 Å². The number of nitrogens with two attached hydrogens (primary N) is 1. The summed E-state index contributed by atoms with van der Waals surface area (Å²) >= 11 is 0. The molecule has 0 saturated carbocycles. The highest BCUT2D eigenvalue weighted by atomic mass is 19.1. The molecule has 2 aromatic rings.